The predicted octanol–water partition coefficient (Wildman–Crippen LogP) is 5.32. The van der Waals surface area contributed by atoms with E-state index >= 15 is 0 Å². The van der Waals surface area contributed by atoms with E-state index in [2.05, 4.69) is 55.6 Å². The number of aliphatic hydroxyl groups is 8. The third-order valence-electron chi connectivity index (χ3n) is 11.4. The summed E-state index contributed by atoms with van der Waals surface area (Å²) in [6.07, 6.45) is 23.1. The Morgan fingerprint density at radius 3 is 1.65 bits per heavy atom. The van der Waals surface area contributed by atoms with Gasteiger partial charge in [0.15, 0.2) is 12.6 Å². The molecule has 14 nitrogen and oxygen atoms in total. The van der Waals surface area contributed by atoms with Crippen LogP contribution in [0.25, 0.3) is 0 Å². The molecule has 14 heteroatoms. The van der Waals surface area contributed by atoms with E-state index in [1.807, 2.05) is 6.08 Å². The van der Waals surface area contributed by atoms with E-state index < -0.39 is 86.8 Å². The lowest BCUT2D eigenvalue weighted by atomic mass is 9.97. The average Bonchev–Trinajstić information content (AvgIpc) is 3.27. The third kappa shape index (κ3) is 22.7. The van der Waals surface area contributed by atoms with Crippen molar-refractivity contribution in [3.63, 3.8) is 0 Å². The number of unbranched alkanes of at least 4 members (excludes halogenated alkanes) is 16. The van der Waals surface area contributed by atoms with Gasteiger partial charge in [0.2, 0.25) is 5.91 Å². The summed E-state index contributed by atoms with van der Waals surface area (Å²) < 4.78 is 22.6. The zero-order valence-corrected chi connectivity index (χ0v) is 37.8. The minimum atomic E-state index is -1.79. The summed E-state index contributed by atoms with van der Waals surface area (Å²) in [4.78, 5) is 13.1. The van der Waals surface area contributed by atoms with Crippen LogP contribution < -0.4 is 5.32 Å². The van der Waals surface area contributed by atoms with Crippen molar-refractivity contribution < 1.29 is 64.6 Å². The molecule has 12 unspecified atom stereocenters. The molecule has 62 heavy (non-hydrogen) atoms. The molecule has 360 valence electrons. The molecule has 0 aromatic carbocycles. The van der Waals surface area contributed by atoms with Crippen molar-refractivity contribution in [2.75, 3.05) is 19.8 Å². The molecule has 2 saturated heterocycles. The second-order valence-electron chi connectivity index (χ2n) is 16.9. The Labute approximate surface area is 372 Å². The highest BCUT2D eigenvalue weighted by Gasteiger charge is 2.50. The predicted molar refractivity (Wildman–Crippen MR) is 240 cm³/mol. The molecule has 0 aromatic heterocycles. The zero-order valence-electron chi connectivity index (χ0n) is 37.8. The van der Waals surface area contributed by atoms with Gasteiger partial charge >= 0.3 is 0 Å². The first-order valence-electron chi connectivity index (χ1n) is 23.9. The Morgan fingerprint density at radius 1 is 0.565 bits per heavy atom. The number of nitrogens with one attached hydrogen (secondary N) is 1. The monoisotopic (exact) mass is 884 g/mol. The van der Waals surface area contributed by atoms with Crippen molar-refractivity contribution in [1.82, 2.24) is 5.32 Å². The number of hydrogen-bond acceptors (Lipinski definition) is 13. The first kappa shape index (κ1) is 56.1. The van der Waals surface area contributed by atoms with E-state index in [9.17, 15) is 45.6 Å². The molecular weight excluding hydrogens is 799 g/mol. The largest absolute Gasteiger partial charge is 0.394 e. The Kier molecular flexibility index (Phi) is 31.9. The van der Waals surface area contributed by atoms with Crippen LogP contribution in [0.4, 0.5) is 0 Å². The Bertz CT molecular complexity index is 1230. The Morgan fingerprint density at radius 2 is 1.06 bits per heavy atom. The van der Waals surface area contributed by atoms with Gasteiger partial charge in [-0.3, -0.25) is 4.79 Å². The van der Waals surface area contributed by atoms with Crippen molar-refractivity contribution in [2.45, 2.75) is 229 Å². The molecule has 0 aromatic rings. The molecule has 2 heterocycles. The van der Waals surface area contributed by atoms with E-state index in [-0.39, 0.29) is 18.9 Å². The normalized spacial score (nSPS) is 28.2. The fraction of sp³-hybridized carbons (Fsp3) is 0.812. The second kappa shape index (κ2) is 35.2. The molecule has 1 amide bonds. The SMILES string of the molecule is CCC/C=C/CC/C=C/CC/C=C/C(O)C(COC1OC(CO)C(OC2OC(CO)C(O)C(O)C2O)C(O)C1O)NC(=O)CCCCCCCCC/C=C\CCCCCCCC. The fourth-order valence-electron chi connectivity index (χ4n) is 7.50. The van der Waals surface area contributed by atoms with Gasteiger partial charge in [-0.05, 0) is 64.2 Å². The van der Waals surface area contributed by atoms with Crippen LogP contribution in [0.3, 0.4) is 0 Å². The minimum Gasteiger partial charge on any atom is -0.394 e. The first-order valence-corrected chi connectivity index (χ1v) is 23.9. The van der Waals surface area contributed by atoms with Gasteiger partial charge in [-0.1, -0.05) is 133 Å². The standard InChI is InChI=1S/C48H85NO13/c1-3-5-7-9-11-13-15-16-17-18-19-20-22-24-26-28-30-32-40(53)49-36(37(52)31-29-27-25-23-21-14-12-10-8-6-4-2)35-59-47-45(58)43(56)46(39(34-51)61-47)62-48-44(57)42(55)41(54)38(33-50)60-48/h8,10,16-17,21,23,29,31,36-39,41-48,50-52,54-58H,3-7,9,11-15,18-20,22,24-28,30,32-35H2,1-2H3,(H,49,53)/b10-8+,17-16-,23-21+,31-29+. The lowest BCUT2D eigenvalue weighted by Crippen LogP contribution is -2.65. The lowest BCUT2D eigenvalue weighted by molar-refractivity contribution is -0.359. The van der Waals surface area contributed by atoms with E-state index in [0.717, 1.165) is 57.8 Å². The van der Waals surface area contributed by atoms with Crippen molar-refractivity contribution in [1.29, 1.82) is 0 Å². The zero-order chi connectivity index (χ0) is 45.4. The van der Waals surface area contributed by atoms with Crippen LogP contribution in [0.5, 0.6) is 0 Å². The smallest absolute Gasteiger partial charge is 0.220 e. The summed E-state index contributed by atoms with van der Waals surface area (Å²) in [5.74, 6) is -0.263. The molecule has 9 N–H and O–H groups in total. The lowest BCUT2D eigenvalue weighted by Gasteiger charge is -2.46. The summed E-state index contributed by atoms with van der Waals surface area (Å²) in [5.41, 5.74) is 0. The van der Waals surface area contributed by atoms with Crippen molar-refractivity contribution in [3.8, 4) is 0 Å². The van der Waals surface area contributed by atoms with E-state index in [4.69, 9.17) is 18.9 Å². The number of ether oxygens (including phenoxy) is 4. The molecule has 2 aliphatic heterocycles. The van der Waals surface area contributed by atoms with Crippen LogP contribution in [0.1, 0.15) is 155 Å². The number of amides is 1. The molecule has 12 atom stereocenters. The topological polar surface area (TPSA) is 228 Å². The molecule has 2 fully saturated rings. The maximum absolute atomic E-state index is 13.1. The highest BCUT2D eigenvalue weighted by Crippen LogP contribution is 2.30. The summed E-state index contributed by atoms with van der Waals surface area (Å²) in [6, 6.07) is -0.937. The number of hydrogen-bond donors (Lipinski definition) is 9. The Balaban J connectivity index is 1.88. The number of carbonyl (C=O) groups is 1. The van der Waals surface area contributed by atoms with Crippen molar-refractivity contribution in [2.24, 2.45) is 0 Å². The molecule has 0 saturated carbocycles. The van der Waals surface area contributed by atoms with Gasteiger partial charge < -0.3 is 65.1 Å². The van der Waals surface area contributed by atoms with Crippen LogP contribution in [-0.2, 0) is 23.7 Å². The molecule has 0 aliphatic carbocycles. The number of carbonyl (C=O) groups excluding carboxylic acids is 1. The second-order valence-corrected chi connectivity index (χ2v) is 16.9. The van der Waals surface area contributed by atoms with Gasteiger partial charge in [0.25, 0.3) is 0 Å². The van der Waals surface area contributed by atoms with Gasteiger partial charge in [0.1, 0.15) is 48.8 Å². The van der Waals surface area contributed by atoms with Gasteiger partial charge in [0.05, 0.1) is 32.0 Å². The number of allylic oxidation sites excluding steroid dienone is 7. The number of aliphatic hydroxyl groups excluding tert-OH is 8. The van der Waals surface area contributed by atoms with Crippen LogP contribution in [-0.4, -0.2) is 140 Å². The summed E-state index contributed by atoms with van der Waals surface area (Å²) in [5, 5.41) is 86.4. The van der Waals surface area contributed by atoms with Crippen LogP contribution in [0, 0.1) is 0 Å². The Hall–Kier alpha value is -2.05. The van der Waals surface area contributed by atoms with Crippen molar-refractivity contribution >= 4 is 5.91 Å². The highest BCUT2D eigenvalue weighted by molar-refractivity contribution is 5.76. The molecule has 2 aliphatic rings. The average molecular weight is 884 g/mol. The molecule has 0 spiro atoms. The van der Waals surface area contributed by atoms with Crippen LogP contribution >= 0.6 is 0 Å². The maximum Gasteiger partial charge on any atom is 0.220 e. The minimum absolute atomic E-state index is 0.263. The third-order valence-corrected chi connectivity index (χ3v) is 11.4. The molecule has 0 radical (unpaired) electrons. The summed E-state index contributed by atoms with van der Waals surface area (Å²) in [6.45, 7) is 2.65. The van der Waals surface area contributed by atoms with Crippen molar-refractivity contribution in [3.05, 3.63) is 48.6 Å². The first-order chi connectivity index (χ1) is 30.1. The van der Waals surface area contributed by atoms with Gasteiger partial charge in [0, 0.05) is 6.42 Å². The van der Waals surface area contributed by atoms with Crippen LogP contribution in [0.15, 0.2) is 48.6 Å². The van der Waals surface area contributed by atoms with E-state index in [1.165, 1.54) is 64.2 Å². The number of rotatable bonds is 35. The molecule has 0 bridgehead atoms. The van der Waals surface area contributed by atoms with Gasteiger partial charge in [-0.2, -0.15) is 0 Å². The van der Waals surface area contributed by atoms with E-state index in [0.29, 0.717) is 12.8 Å². The van der Waals surface area contributed by atoms with E-state index in [1.54, 1.807) is 6.08 Å². The quantitative estimate of drug-likeness (QED) is 0.0291. The summed E-state index contributed by atoms with van der Waals surface area (Å²) in [7, 11) is 0. The molecule has 2 rings (SSSR count). The van der Waals surface area contributed by atoms with Gasteiger partial charge in [-0.15, -0.1) is 0 Å². The highest BCUT2D eigenvalue weighted by atomic mass is 16.7. The maximum atomic E-state index is 13.1. The van der Waals surface area contributed by atoms with Crippen LogP contribution in [0.2, 0.25) is 0 Å². The van der Waals surface area contributed by atoms with Gasteiger partial charge in [-0.25, -0.2) is 0 Å². The summed E-state index contributed by atoms with van der Waals surface area (Å²) >= 11 is 0. The fourth-order valence-corrected chi connectivity index (χ4v) is 7.50. The molecular formula is C48H85NO13.